The van der Waals surface area contributed by atoms with E-state index in [1.165, 1.54) is 11.3 Å². The fourth-order valence-electron chi connectivity index (χ4n) is 4.56. The molecule has 0 aliphatic rings. The van der Waals surface area contributed by atoms with E-state index in [4.69, 9.17) is 9.40 Å². The molecule has 0 N–H and O–H groups in total. The fourth-order valence-corrected chi connectivity index (χ4v) is 5.61. The van der Waals surface area contributed by atoms with Crippen molar-refractivity contribution >= 4 is 54.3 Å². The Labute approximate surface area is 213 Å². The summed E-state index contributed by atoms with van der Waals surface area (Å²) in [6.45, 7) is 11.2. The number of anilines is 1. The van der Waals surface area contributed by atoms with E-state index in [2.05, 4.69) is 31.7 Å². The number of likely N-dealkylation sites (N-methyl/N-ethyl adjacent to an activating group) is 1. The Kier molecular flexibility index (Phi) is 6.60. The molecule has 7 heteroatoms. The molecule has 0 unspecified atom stereocenters. The molecule has 3 aromatic carbocycles. The van der Waals surface area contributed by atoms with Crippen molar-refractivity contribution < 1.29 is 9.21 Å². The van der Waals surface area contributed by atoms with Crippen LogP contribution in [-0.2, 0) is 0 Å². The van der Waals surface area contributed by atoms with E-state index in [0.717, 1.165) is 50.6 Å². The number of hydrogen-bond donors (Lipinski definition) is 0. The Bertz CT molecular complexity index is 1650. The lowest BCUT2D eigenvalue weighted by atomic mass is 10.0. The van der Waals surface area contributed by atoms with Gasteiger partial charge in [0.25, 0.3) is 5.91 Å². The number of aryl methyl sites for hydroxylation is 2. The zero-order chi connectivity index (χ0) is 25.4. The number of hydrogen-bond acceptors (Lipinski definition) is 6. The topological polar surface area (TPSA) is 66.7 Å². The average molecular weight is 500 g/mol. The number of benzene rings is 3. The molecule has 0 saturated carbocycles. The summed E-state index contributed by atoms with van der Waals surface area (Å²) >= 11 is 1.47. The van der Waals surface area contributed by atoms with Gasteiger partial charge in [-0.2, -0.15) is 0 Å². The van der Waals surface area contributed by atoms with Gasteiger partial charge in [-0.25, -0.2) is 9.78 Å². The first-order chi connectivity index (χ1) is 17.4. The first-order valence-corrected chi connectivity index (χ1v) is 13.1. The number of aromatic nitrogens is 1. The van der Waals surface area contributed by atoms with Gasteiger partial charge >= 0.3 is 5.63 Å². The predicted octanol–water partition coefficient (Wildman–Crippen LogP) is 6.16. The molecular formula is C29H29N3O3S. The van der Waals surface area contributed by atoms with Gasteiger partial charge in [0.1, 0.15) is 11.1 Å². The molecule has 5 aromatic rings. The molecule has 1 amide bonds. The number of fused-ring (bicyclic) bond motifs is 4. The Morgan fingerprint density at radius 2 is 1.75 bits per heavy atom. The third kappa shape index (κ3) is 4.29. The summed E-state index contributed by atoms with van der Waals surface area (Å²) in [7, 11) is 0. The maximum absolute atomic E-state index is 14.0. The van der Waals surface area contributed by atoms with Gasteiger partial charge in [0, 0.05) is 18.5 Å². The molecule has 36 heavy (non-hydrogen) atoms. The molecule has 6 nitrogen and oxygen atoms in total. The summed E-state index contributed by atoms with van der Waals surface area (Å²) in [4.78, 5) is 35.8. The summed E-state index contributed by atoms with van der Waals surface area (Å²) in [6.07, 6.45) is 0. The molecular weight excluding hydrogens is 470 g/mol. The molecule has 0 atom stereocenters. The van der Waals surface area contributed by atoms with Gasteiger partial charge in [0.2, 0.25) is 0 Å². The highest BCUT2D eigenvalue weighted by Gasteiger charge is 2.26. The highest BCUT2D eigenvalue weighted by atomic mass is 32.1. The molecule has 0 fully saturated rings. The first kappa shape index (κ1) is 24.2. The van der Waals surface area contributed by atoms with Crippen molar-refractivity contribution in [3.8, 4) is 0 Å². The highest BCUT2D eigenvalue weighted by Crippen LogP contribution is 2.33. The minimum atomic E-state index is -0.635. The maximum atomic E-state index is 14.0. The summed E-state index contributed by atoms with van der Waals surface area (Å²) in [5, 5.41) is 3.30. The lowest BCUT2D eigenvalue weighted by molar-refractivity contribution is 0.0980. The van der Waals surface area contributed by atoms with Crippen molar-refractivity contribution in [2.24, 2.45) is 0 Å². The largest absolute Gasteiger partial charge is 0.422 e. The molecule has 0 bridgehead atoms. The summed E-state index contributed by atoms with van der Waals surface area (Å²) in [5.74, 6) is -0.390. The molecule has 0 aliphatic heterocycles. The van der Waals surface area contributed by atoms with Crippen LogP contribution >= 0.6 is 11.3 Å². The lowest BCUT2D eigenvalue weighted by Crippen LogP contribution is -2.40. The number of thiazole rings is 1. The molecule has 2 aromatic heterocycles. The Morgan fingerprint density at radius 3 is 2.53 bits per heavy atom. The molecule has 0 spiro atoms. The second kappa shape index (κ2) is 9.84. The van der Waals surface area contributed by atoms with Crippen LogP contribution in [0.3, 0.4) is 0 Å². The standard InChI is InChI=1S/C29H29N3O3S/c1-5-31(6-2)15-16-32(29-30-26-19(4)18(3)11-14-25(26)36-29)27(33)23-17-22-21-10-8-7-9-20(21)12-13-24(22)35-28(23)34/h7-14,17H,5-6,15-16H2,1-4H3. The Hall–Kier alpha value is -3.55. The Morgan fingerprint density at radius 1 is 0.972 bits per heavy atom. The summed E-state index contributed by atoms with van der Waals surface area (Å²) in [6, 6.07) is 17.4. The van der Waals surface area contributed by atoms with Gasteiger partial charge in [-0.3, -0.25) is 9.69 Å². The second-order valence-electron chi connectivity index (χ2n) is 8.98. The van der Waals surface area contributed by atoms with E-state index < -0.39 is 5.63 Å². The molecule has 0 aliphatic carbocycles. The van der Waals surface area contributed by atoms with Gasteiger partial charge in [-0.15, -0.1) is 0 Å². The van der Waals surface area contributed by atoms with E-state index in [0.29, 0.717) is 23.8 Å². The van der Waals surface area contributed by atoms with Crippen LogP contribution < -0.4 is 10.5 Å². The highest BCUT2D eigenvalue weighted by molar-refractivity contribution is 7.22. The van der Waals surface area contributed by atoms with Crippen LogP contribution in [0.15, 0.2) is 63.8 Å². The van der Waals surface area contributed by atoms with Crippen LogP contribution in [-0.4, -0.2) is 42.0 Å². The van der Waals surface area contributed by atoms with Crippen molar-refractivity contribution in [3.63, 3.8) is 0 Å². The fraction of sp³-hybridized carbons (Fsp3) is 0.276. The average Bonchev–Trinajstić information content (AvgIpc) is 3.33. The molecule has 184 valence electrons. The quantitative estimate of drug-likeness (QED) is 0.198. The number of rotatable bonds is 7. The third-order valence-corrected chi connectivity index (χ3v) is 8.00. The van der Waals surface area contributed by atoms with Crippen molar-refractivity contribution in [2.45, 2.75) is 27.7 Å². The van der Waals surface area contributed by atoms with Gasteiger partial charge in [-0.05, 0) is 67.0 Å². The minimum absolute atomic E-state index is 0.0190. The van der Waals surface area contributed by atoms with Crippen molar-refractivity contribution in [1.29, 1.82) is 0 Å². The van der Waals surface area contributed by atoms with Crippen LogP contribution in [0.2, 0.25) is 0 Å². The number of nitrogens with zero attached hydrogens (tertiary/aromatic N) is 3. The van der Waals surface area contributed by atoms with Crippen LogP contribution in [0.4, 0.5) is 5.13 Å². The van der Waals surface area contributed by atoms with Crippen molar-refractivity contribution in [1.82, 2.24) is 9.88 Å². The monoisotopic (exact) mass is 499 g/mol. The van der Waals surface area contributed by atoms with Crippen LogP contribution in [0.1, 0.15) is 35.3 Å². The third-order valence-electron chi connectivity index (χ3n) is 6.96. The zero-order valence-electron chi connectivity index (χ0n) is 21.0. The van der Waals surface area contributed by atoms with E-state index in [9.17, 15) is 9.59 Å². The first-order valence-electron chi connectivity index (χ1n) is 12.3. The van der Waals surface area contributed by atoms with Gasteiger partial charge in [0.05, 0.1) is 10.2 Å². The van der Waals surface area contributed by atoms with E-state index >= 15 is 0 Å². The van der Waals surface area contributed by atoms with Crippen molar-refractivity contribution in [2.75, 3.05) is 31.1 Å². The summed E-state index contributed by atoms with van der Waals surface area (Å²) < 4.78 is 6.66. The van der Waals surface area contributed by atoms with Gasteiger partial charge in [0.15, 0.2) is 5.13 Å². The number of amides is 1. The smallest absolute Gasteiger partial charge is 0.349 e. The SMILES string of the molecule is CCN(CC)CCN(C(=O)c1cc2c(ccc3ccccc32)oc1=O)c1nc2c(C)c(C)ccc2s1. The van der Waals surface area contributed by atoms with Crippen molar-refractivity contribution in [3.05, 3.63) is 81.7 Å². The number of carbonyl (C=O) groups excluding carboxylic acids is 1. The molecule has 5 rings (SSSR count). The lowest BCUT2D eigenvalue weighted by Gasteiger charge is -2.24. The Balaban J connectivity index is 1.63. The molecule has 2 heterocycles. The van der Waals surface area contributed by atoms with Crippen LogP contribution in [0.5, 0.6) is 0 Å². The summed E-state index contributed by atoms with van der Waals surface area (Å²) in [5.41, 5.74) is 3.00. The number of carbonyl (C=O) groups is 1. The minimum Gasteiger partial charge on any atom is -0.422 e. The predicted molar refractivity (Wildman–Crippen MR) is 149 cm³/mol. The van der Waals surface area contributed by atoms with Crippen LogP contribution in [0, 0.1) is 13.8 Å². The normalized spacial score (nSPS) is 11.7. The van der Waals surface area contributed by atoms with Crippen LogP contribution in [0.25, 0.3) is 32.0 Å². The van der Waals surface area contributed by atoms with E-state index in [1.54, 1.807) is 17.0 Å². The van der Waals surface area contributed by atoms with E-state index in [1.807, 2.05) is 43.3 Å². The van der Waals surface area contributed by atoms with Gasteiger partial charge in [-0.1, -0.05) is 61.6 Å². The molecule has 0 saturated heterocycles. The zero-order valence-corrected chi connectivity index (χ0v) is 21.8. The maximum Gasteiger partial charge on any atom is 0.349 e. The second-order valence-corrected chi connectivity index (χ2v) is 9.99. The van der Waals surface area contributed by atoms with E-state index in [-0.39, 0.29) is 11.5 Å². The van der Waals surface area contributed by atoms with Gasteiger partial charge < -0.3 is 9.32 Å². The molecule has 0 radical (unpaired) electrons.